The van der Waals surface area contributed by atoms with E-state index in [1.165, 1.54) is 7.11 Å². The summed E-state index contributed by atoms with van der Waals surface area (Å²) < 4.78 is 5.45. The number of methoxy groups -OCH3 is 1. The van der Waals surface area contributed by atoms with E-state index in [1.54, 1.807) is 54.6 Å². The minimum Gasteiger partial charge on any atom is -0.468 e. The molecular weight excluding hydrogens is 724 g/mol. The molecule has 5 unspecified atom stereocenters. The van der Waals surface area contributed by atoms with Gasteiger partial charge in [-0.3, -0.25) is 9.59 Å². The lowest BCUT2D eigenvalue weighted by molar-refractivity contribution is -0.162. The third-order valence-electron chi connectivity index (χ3n) is 10.3. The van der Waals surface area contributed by atoms with Gasteiger partial charge in [0.1, 0.15) is 5.60 Å². The molecule has 7 rings (SSSR count). The van der Waals surface area contributed by atoms with Crippen molar-refractivity contribution >= 4 is 79.7 Å². The lowest BCUT2D eigenvalue weighted by Crippen LogP contribution is -2.59. The van der Waals surface area contributed by atoms with E-state index in [0.29, 0.717) is 22.3 Å². The molecule has 0 amide bonds. The second-order valence-corrected chi connectivity index (χ2v) is 14.6. The number of ether oxygens (including phenoxy) is 1. The van der Waals surface area contributed by atoms with E-state index in [1.807, 2.05) is 66.7 Å². The Morgan fingerprint density at radius 3 is 1.84 bits per heavy atom. The Labute approximate surface area is 314 Å². The first-order chi connectivity index (χ1) is 24.5. The summed E-state index contributed by atoms with van der Waals surface area (Å²) in [5.74, 6) is -5.12. The van der Waals surface area contributed by atoms with Crippen molar-refractivity contribution in [2.45, 2.75) is 23.9 Å². The van der Waals surface area contributed by atoms with Crippen LogP contribution in [0.2, 0.25) is 20.1 Å². The smallest absolute Gasteiger partial charge is 0.327 e. The van der Waals surface area contributed by atoms with Gasteiger partial charge in [-0.25, -0.2) is 0 Å². The molecule has 5 atom stereocenters. The number of benzene rings is 6. The van der Waals surface area contributed by atoms with Gasteiger partial charge in [0.2, 0.25) is 0 Å². The molecule has 1 fully saturated rings. The van der Waals surface area contributed by atoms with E-state index in [2.05, 4.69) is 6.07 Å². The van der Waals surface area contributed by atoms with Gasteiger partial charge in [-0.05, 0) is 81.1 Å². The molecule has 254 valence electrons. The molecule has 0 aromatic heterocycles. The van der Waals surface area contributed by atoms with Crippen molar-refractivity contribution in [2.75, 3.05) is 7.11 Å². The van der Waals surface area contributed by atoms with Crippen LogP contribution < -0.4 is 0 Å². The first kappa shape index (κ1) is 35.0. The fraction of sp³-hybridized carbons (Fsp3) is 0.167. The third-order valence-corrected chi connectivity index (χ3v) is 11.8. The first-order valence-corrected chi connectivity index (χ1v) is 17.7. The number of Topliss-reactive ketones (excluding diaryl/α,β-unsaturated/α-hetero) is 1. The Kier molecular flexibility index (Phi) is 9.35. The van der Waals surface area contributed by atoms with Crippen LogP contribution in [0.15, 0.2) is 121 Å². The number of hydrogen-bond donors (Lipinski definition) is 1. The fourth-order valence-electron chi connectivity index (χ4n) is 7.90. The van der Waals surface area contributed by atoms with Crippen LogP contribution in [-0.4, -0.2) is 24.0 Å². The molecule has 0 spiro atoms. The number of esters is 1. The van der Waals surface area contributed by atoms with Crippen molar-refractivity contribution in [1.29, 1.82) is 5.26 Å². The number of nitrogens with zero attached hydrogens (tertiary/aromatic N) is 1. The predicted octanol–water partition coefficient (Wildman–Crippen LogP) is 10.9. The summed E-state index contributed by atoms with van der Waals surface area (Å²) in [6.45, 7) is 0. The molecular formula is C42H29Cl4NO4. The number of fused-ring (bicyclic) bond motifs is 2. The summed E-state index contributed by atoms with van der Waals surface area (Å²) in [5.41, 5.74) is -2.51. The standard InChI is InChI=1S/C42H29Cl4NO4/c1-51-40(49)41(23-47)32(28-13-16-33(43)35(45)20-28)22-42(50,31-15-12-25-7-3-5-9-27(25)19-31)38(37(41)29-14-17-34(44)36(46)21-29)39(48)30-11-10-24-6-2-4-8-26(24)18-30/h2-21,32,37-38,50H,22H2,1H3. The second-order valence-electron chi connectivity index (χ2n) is 12.9. The minimum atomic E-state index is -2.08. The SMILES string of the molecule is COC(=O)C1(C#N)C(c2ccc(Cl)c(Cl)c2)CC(O)(c2ccc3ccccc3c2)C(C(=O)c2ccc3ccccc3c2)C1c1ccc(Cl)c(Cl)c1. The van der Waals surface area contributed by atoms with Crippen LogP contribution in [0.1, 0.15) is 45.3 Å². The van der Waals surface area contributed by atoms with Crippen molar-refractivity contribution in [2.24, 2.45) is 11.3 Å². The van der Waals surface area contributed by atoms with E-state index >= 15 is 4.79 Å². The number of aliphatic hydroxyl groups is 1. The molecule has 51 heavy (non-hydrogen) atoms. The second kappa shape index (κ2) is 13.6. The quantitative estimate of drug-likeness (QED) is 0.135. The molecule has 1 N–H and O–H groups in total. The molecule has 0 radical (unpaired) electrons. The molecule has 1 aliphatic carbocycles. The topological polar surface area (TPSA) is 87.4 Å². The zero-order chi connectivity index (χ0) is 36.1. The zero-order valence-corrected chi connectivity index (χ0v) is 30.1. The van der Waals surface area contributed by atoms with E-state index < -0.39 is 40.5 Å². The third kappa shape index (κ3) is 5.86. The summed E-state index contributed by atoms with van der Waals surface area (Å²) in [5, 5.41) is 29.2. The molecule has 9 heteroatoms. The Hall–Kier alpha value is -4.41. The molecule has 0 aliphatic heterocycles. The number of ketones is 1. The zero-order valence-electron chi connectivity index (χ0n) is 27.1. The number of rotatable bonds is 6. The number of nitriles is 1. The maximum absolute atomic E-state index is 15.4. The van der Waals surface area contributed by atoms with Gasteiger partial charge in [0, 0.05) is 17.4 Å². The number of halogens is 4. The lowest BCUT2D eigenvalue weighted by atomic mass is 9.47. The highest BCUT2D eigenvalue weighted by Crippen LogP contribution is 2.64. The van der Waals surface area contributed by atoms with E-state index in [-0.39, 0.29) is 26.5 Å². The van der Waals surface area contributed by atoms with Crippen LogP contribution in [0.3, 0.4) is 0 Å². The van der Waals surface area contributed by atoms with Gasteiger partial charge in [-0.2, -0.15) is 5.26 Å². The lowest BCUT2D eigenvalue weighted by Gasteiger charge is -2.54. The monoisotopic (exact) mass is 751 g/mol. The highest BCUT2D eigenvalue weighted by Gasteiger charge is 2.67. The molecule has 0 saturated heterocycles. The highest BCUT2D eigenvalue weighted by molar-refractivity contribution is 6.42. The Bertz CT molecular complexity index is 2410. The van der Waals surface area contributed by atoms with Crippen LogP contribution in [0.4, 0.5) is 0 Å². The number of hydrogen-bond acceptors (Lipinski definition) is 5. The maximum atomic E-state index is 15.4. The summed E-state index contributed by atoms with van der Waals surface area (Å²) in [6, 6.07) is 38.0. The fourth-order valence-corrected chi connectivity index (χ4v) is 8.52. The minimum absolute atomic E-state index is 0.147. The molecule has 0 heterocycles. The molecule has 6 aromatic rings. The van der Waals surface area contributed by atoms with Crippen LogP contribution >= 0.6 is 46.4 Å². The van der Waals surface area contributed by atoms with Crippen LogP contribution in [0.5, 0.6) is 0 Å². The molecule has 1 saturated carbocycles. The van der Waals surface area contributed by atoms with Gasteiger partial charge in [-0.1, -0.05) is 131 Å². The van der Waals surface area contributed by atoms with Crippen molar-refractivity contribution < 1.29 is 19.4 Å². The van der Waals surface area contributed by atoms with Crippen LogP contribution in [-0.2, 0) is 15.1 Å². The first-order valence-electron chi connectivity index (χ1n) is 16.2. The Balaban J connectivity index is 1.59. The van der Waals surface area contributed by atoms with Crippen molar-refractivity contribution in [3.05, 3.63) is 164 Å². The van der Waals surface area contributed by atoms with Gasteiger partial charge >= 0.3 is 5.97 Å². The summed E-state index contributed by atoms with van der Waals surface area (Å²) >= 11 is 25.9. The number of carbonyl (C=O) groups excluding carboxylic acids is 2. The number of carbonyl (C=O) groups is 2. The van der Waals surface area contributed by atoms with E-state index in [9.17, 15) is 15.2 Å². The average molecular weight is 754 g/mol. The molecule has 0 bridgehead atoms. The van der Waals surface area contributed by atoms with Crippen LogP contribution in [0, 0.1) is 22.7 Å². The van der Waals surface area contributed by atoms with Crippen molar-refractivity contribution in [1.82, 2.24) is 0 Å². The summed E-state index contributed by atoms with van der Waals surface area (Å²) in [7, 11) is 1.20. The Morgan fingerprint density at radius 1 is 0.706 bits per heavy atom. The normalized spacial score (nSPS) is 23.1. The average Bonchev–Trinajstić information content (AvgIpc) is 3.15. The Morgan fingerprint density at radius 2 is 1.25 bits per heavy atom. The highest BCUT2D eigenvalue weighted by atomic mass is 35.5. The van der Waals surface area contributed by atoms with Gasteiger partial charge < -0.3 is 9.84 Å². The van der Waals surface area contributed by atoms with Crippen LogP contribution in [0.25, 0.3) is 21.5 Å². The molecule has 1 aliphatic rings. The summed E-state index contributed by atoms with van der Waals surface area (Å²) in [6.07, 6.45) is -0.228. The predicted molar refractivity (Wildman–Crippen MR) is 203 cm³/mol. The van der Waals surface area contributed by atoms with Crippen molar-refractivity contribution in [3.8, 4) is 6.07 Å². The van der Waals surface area contributed by atoms with E-state index in [0.717, 1.165) is 21.5 Å². The summed E-state index contributed by atoms with van der Waals surface area (Å²) in [4.78, 5) is 29.8. The maximum Gasteiger partial charge on any atom is 0.327 e. The van der Waals surface area contributed by atoms with Gasteiger partial charge in [0.05, 0.1) is 39.2 Å². The molecule has 5 nitrogen and oxygen atoms in total. The van der Waals surface area contributed by atoms with E-state index in [4.69, 9.17) is 51.1 Å². The van der Waals surface area contributed by atoms with Gasteiger partial charge in [0.15, 0.2) is 11.2 Å². The molecule has 6 aromatic carbocycles. The largest absolute Gasteiger partial charge is 0.468 e. The van der Waals surface area contributed by atoms with Gasteiger partial charge in [-0.15, -0.1) is 0 Å². The van der Waals surface area contributed by atoms with Gasteiger partial charge in [0.25, 0.3) is 0 Å². The van der Waals surface area contributed by atoms with Crippen molar-refractivity contribution in [3.63, 3.8) is 0 Å².